The van der Waals surface area contributed by atoms with Gasteiger partial charge in [-0.15, -0.1) is 0 Å². The Balaban J connectivity index is 2.15. The fourth-order valence-corrected chi connectivity index (χ4v) is 2.68. The molecule has 2 bridgehead atoms. The maximum Gasteiger partial charge on any atom is 0.102 e. The first-order valence-electron chi connectivity index (χ1n) is 5.82. The molecule has 1 nitrogen and oxygen atoms in total. The second kappa shape index (κ2) is 3.21. The standard InChI is InChI=1S/C14H16O/c1-3-9-7-11-12(8-10(9)4-2)14-6-5-13(11)15-14/h5-8,13-14H,3-4H2,1-2H3. The molecule has 0 fully saturated rings. The summed E-state index contributed by atoms with van der Waals surface area (Å²) in [5.41, 5.74) is 5.77. The molecule has 0 saturated carbocycles. The average molecular weight is 200 g/mol. The molecule has 1 heteroatoms. The van der Waals surface area contributed by atoms with Crippen LogP contribution in [0.3, 0.4) is 0 Å². The van der Waals surface area contributed by atoms with Gasteiger partial charge in [-0.1, -0.05) is 38.1 Å². The molecule has 0 radical (unpaired) electrons. The summed E-state index contributed by atoms with van der Waals surface area (Å²) in [5, 5.41) is 0. The van der Waals surface area contributed by atoms with Gasteiger partial charge in [-0.2, -0.15) is 0 Å². The molecule has 0 saturated heterocycles. The summed E-state index contributed by atoms with van der Waals surface area (Å²) in [4.78, 5) is 0. The van der Waals surface area contributed by atoms with Crippen LogP contribution in [0.25, 0.3) is 0 Å². The third-order valence-corrected chi connectivity index (χ3v) is 3.53. The molecule has 2 atom stereocenters. The molecule has 0 aliphatic carbocycles. The zero-order valence-corrected chi connectivity index (χ0v) is 9.29. The third kappa shape index (κ3) is 1.19. The van der Waals surface area contributed by atoms with Gasteiger partial charge >= 0.3 is 0 Å². The number of rotatable bonds is 2. The minimum Gasteiger partial charge on any atom is -0.357 e. The van der Waals surface area contributed by atoms with Crippen molar-refractivity contribution in [2.45, 2.75) is 38.9 Å². The predicted octanol–water partition coefficient (Wildman–Crippen LogP) is 3.49. The number of benzene rings is 1. The van der Waals surface area contributed by atoms with Gasteiger partial charge in [0, 0.05) is 0 Å². The lowest BCUT2D eigenvalue weighted by molar-refractivity contribution is 0.0878. The van der Waals surface area contributed by atoms with Crippen LogP contribution in [0, 0.1) is 0 Å². The van der Waals surface area contributed by atoms with Crippen molar-refractivity contribution in [3.63, 3.8) is 0 Å². The van der Waals surface area contributed by atoms with Crippen LogP contribution in [-0.2, 0) is 17.6 Å². The molecule has 1 aromatic carbocycles. The van der Waals surface area contributed by atoms with Gasteiger partial charge in [-0.3, -0.25) is 0 Å². The molecule has 2 aliphatic rings. The Labute approximate surface area is 90.8 Å². The van der Waals surface area contributed by atoms with Crippen molar-refractivity contribution in [3.8, 4) is 0 Å². The summed E-state index contributed by atoms with van der Waals surface area (Å²) in [7, 11) is 0. The number of fused-ring (bicyclic) bond motifs is 5. The van der Waals surface area contributed by atoms with Gasteiger partial charge in [0.2, 0.25) is 0 Å². The lowest BCUT2D eigenvalue weighted by Crippen LogP contribution is -1.99. The molecule has 78 valence electrons. The highest BCUT2D eigenvalue weighted by Crippen LogP contribution is 2.46. The van der Waals surface area contributed by atoms with Crippen LogP contribution in [0.1, 0.15) is 48.3 Å². The van der Waals surface area contributed by atoms with Crippen molar-refractivity contribution in [1.82, 2.24) is 0 Å². The Morgan fingerprint density at radius 2 is 1.40 bits per heavy atom. The van der Waals surface area contributed by atoms with Gasteiger partial charge in [0.25, 0.3) is 0 Å². The average Bonchev–Trinajstić information content (AvgIpc) is 2.88. The molecule has 0 N–H and O–H groups in total. The number of aryl methyl sites for hydroxylation is 2. The first-order valence-corrected chi connectivity index (χ1v) is 5.82. The highest BCUT2D eigenvalue weighted by atomic mass is 16.5. The second-order valence-corrected chi connectivity index (χ2v) is 4.32. The van der Waals surface area contributed by atoms with E-state index < -0.39 is 0 Å². The van der Waals surface area contributed by atoms with Crippen molar-refractivity contribution in [3.05, 3.63) is 46.5 Å². The fraction of sp³-hybridized carbons (Fsp3) is 0.429. The van der Waals surface area contributed by atoms with Gasteiger partial charge in [0.05, 0.1) is 0 Å². The summed E-state index contributed by atoms with van der Waals surface area (Å²) < 4.78 is 5.83. The zero-order valence-electron chi connectivity index (χ0n) is 9.29. The van der Waals surface area contributed by atoms with E-state index in [1.807, 2.05) is 0 Å². The Kier molecular flexibility index (Phi) is 1.96. The normalized spacial score (nSPS) is 26.0. The van der Waals surface area contributed by atoms with Crippen molar-refractivity contribution in [1.29, 1.82) is 0 Å². The lowest BCUT2D eigenvalue weighted by atomic mass is 9.90. The van der Waals surface area contributed by atoms with Crippen LogP contribution in [0.2, 0.25) is 0 Å². The van der Waals surface area contributed by atoms with Crippen LogP contribution in [0.4, 0.5) is 0 Å². The SMILES string of the molecule is CCc1cc2c(cc1CC)C1C=CC2O1. The van der Waals surface area contributed by atoms with Crippen LogP contribution < -0.4 is 0 Å². The van der Waals surface area contributed by atoms with E-state index in [-0.39, 0.29) is 12.2 Å². The Hall–Kier alpha value is -1.08. The summed E-state index contributed by atoms with van der Waals surface area (Å²) in [6.45, 7) is 4.45. The van der Waals surface area contributed by atoms with E-state index in [0.29, 0.717) is 0 Å². The van der Waals surface area contributed by atoms with Crippen LogP contribution >= 0.6 is 0 Å². The molecular weight excluding hydrogens is 184 g/mol. The molecule has 2 heterocycles. The van der Waals surface area contributed by atoms with Crippen LogP contribution in [0.15, 0.2) is 24.3 Å². The van der Waals surface area contributed by atoms with Crippen molar-refractivity contribution >= 4 is 0 Å². The van der Waals surface area contributed by atoms with Gasteiger partial charge in [0.1, 0.15) is 12.2 Å². The first kappa shape index (κ1) is 9.17. The highest BCUT2D eigenvalue weighted by molar-refractivity contribution is 5.48. The molecule has 2 unspecified atom stereocenters. The topological polar surface area (TPSA) is 9.23 Å². The minimum absolute atomic E-state index is 0.237. The van der Waals surface area contributed by atoms with Gasteiger partial charge in [-0.05, 0) is 35.1 Å². The van der Waals surface area contributed by atoms with E-state index in [0.717, 1.165) is 12.8 Å². The van der Waals surface area contributed by atoms with E-state index in [9.17, 15) is 0 Å². The van der Waals surface area contributed by atoms with E-state index >= 15 is 0 Å². The maximum atomic E-state index is 5.83. The molecule has 1 aromatic rings. The lowest BCUT2D eigenvalue weighted by Gasteiger charge is -2.13. The van der Waals surface area contributed by atoms with Crippen molar-refractivity contribution in [2.24, 2.45) is 0 Å². The first-order chi connectivity index (χ1) is 7.33. The Morgan fingerprint density at radius 3 is 1.80 bits per heavy atom. The number of hydrogen-bond acceptors (Lipinski definition) is 1. The zero-order chi connectivity index (χ0) is 10.4. The van der Waals surface area contributed by atoms with E-state index in [1.165, 1.54) is 22.3 Å². The largest absolute Gasteiger partial charge is 0.357 e. The van der Waals surface area contributed by atoms with Crippen molar-refractivity contribution < 1.29 is 4.74 Å². The molecule has 15 heavy (non-hydrogen) atoms. The monoisotopic (exact) mass is 200 g/mol. The molecular formula is C14H16O. The second-order valence-electron chi connectivity index (χ2n) is 4.32. The fourth-order valence-electron chi connectivity index (χ4n) is 2.68. The maximum absolute atomic E-state index is 5.83. The highest BCUT2D eigenvalue weighted by Gasteiger charge is 2.33. The molecule has 0 amide bonds. The smallest absolute Gasteiger partial charge is 0.102 e. The van der Waals surface area contributed by atoms with Gasteiger partial charge < -0.3 is 4.74 Å². The number of hydrogen-bond donors (Lipinski definition) is 0. The summed E-state index contributed by atoms with van der Waals surface area (Å²) >= 11 is 0. The summed E-state index contributed by atoms with van der Waals surface area (Å²) in [5.74, 6) is 0. The quantitative estimate of drug-likeness (QED) is 0.664. The van der Waals surface area contributed by atoms with E-state index in [4.69, 9.17) is 4.74 Å². The molecule has 0 spiro atoms. The predicted molar refractivity (Wildman–Crippen MR) is 60.9 cm³/mol. The van der Waals surface area contributed by atoms with Crippen molar-refractivity contribution in [2.75, 3.05) is 0 Å². The summed E-state index contributed by atoms with van der Waals surface area (Å²) in [6.07, 6.45) is 7.08. The Morgan fingerprint density at radius 1 is 0.933 bits per heavy atom. The van der Waals surface area contributed by atoms with E-state index in [1.54, 1.807) is 0 Å². The molecule has 2 aliphatic heterocycles. The molecule has 0 aromatic heterocycles. The minimum atomic E-state index is 0.237. The van der Waals surface area contributed by atoms with E-state index in [2.05, 4.69) is 38.1 Å². The summed E-state index contributed by atoms with van der Waals surface area (Å²) in [6, 6.07) is 4.70. The van der Waals surface area contributed by atoms with Gasteiger partial charge in [-0.25, -0.2) is 0 Å². The van der Waals surface area contributed by atoms with Crippen LogP contribution in [0.5, 0.6) is 0 Å². The Bertz CT molecular complexity index is 392. The molecule has 3 rings (SSSR count). The number of ether oxygens (including phenoxy) is 1. The third-order valence-electron chi connectivity index (χ3n) is 3.53. The van der Waals surface area contributed by atoms with Crippen LogP contribution in [-0.4, -0.2) is 0 Å². The van der Waals surface area contributed by atoms with Gasteiger partial charge in [0.15, 0.2) is 0 Å².